The fraction of sp³-hybridized carbons (Fsp3) is 0.179. The highest BCUT2D eigenvalue weighted by atomic mass is 79.9. The van der Waals surface area contributed by atoms with Gasteiger partial charge in [0.25, 0.3) is 5.91 Å². The van der Waals surface area contributed by atoms with Crippen LogP contribution < -0.4 is 5.32 Å². The molecule has 2 heterocycles. The molecule has 4 nitrogen and oxygen atoms in total. The van der Waals surface area contributed by atoms with Gasteiger partial charge in [0.15, 0.2) is 0 Å². The van der Waals surface area contributed by atoms with Gasteiger partial charge in [-0.2, -0.15) is 0 Å². The summed E-state index contributed by atoms with van der Waals surface area (Å²) >= 11 is 3.59. The van der Waals surface area contributed by atoms with Crippen LogP contribution in [0.5, 0.6) is 0 Å². The number of hydrogen-bond donors (Lipinski definition) is 2. The van der Waals surface area contributed by atoms with Crippen molar-refractivity contribution in [2.24, 2.45) is 0 Å². The van der Waals surface area contributed by atoms with E-state index in [4.69, 9.17) is 0 Å². The smallest absolute Gasteiger partial charge is 0.271 e. The average Bonchev–Trinajstić information content (AvgIpc) is 3.30. The summed E-state index contributed by atoms with van der Waals surface area (Å²) in [7, 11) is 0. The zero-order valence-corrected chi connectivity index (χ0v) is 19.9. The molecule has 5 heteroatoms. The van der Waals surface area contributed by atoms with Gasteiger partial charge in [0.05, 0.1) is 0 Å². The summed E-state index contributed by atoms with van der Waals surface area (Å²) in [4.78, 5) is 19.3. The fourth-order valence-electron chi connectivity index (χ4n) is 4.62. The maximum absolute atomic E-state index is 14.0. The Morgan fingerprint density at radius 1 is 0.939 bits per heavy atom. The number of aromatic amines is 1. The van der Waals surface area contributed by atoms with E-state index in [1.54, 1.807) is 0 Å². The Hall–Kier alpha value is -3.15. The van der Waals surface area contributed by atoms with Gasteiger partial charge in [0.2, 0.25) is 0 Å². The third-order valence-electron chi connectivity index (χ3n) is 6.22. The van der Waals surface area contributed by atoms with E-state index in [1.165, 1.54) is 5.56 Å². The number of nitrogens with one attached hydrogen (secondary N) is 2. The third-order valence-corrected chi connectivity index (χ3v) is 6.71. The Balaban J connectivity index is 1.54. The first-order valence-corrected chi connectivity index (χ1v) is 12.1. The van der Waals surface area contributed by atoms with Crippen molar-refractivity contribution >= 4 is 21.8 Å². The van der Waals surface area contributed by atoms with E-state index in [0.29, 0.717) is 12.2 Å². The number of halogens is 1. The lowest BCUT2D eigenvalue weighted by Crippen LogP contribution is -2.54. The molecule has 1 saturated heterocycles. The SMILES string of the molecule is O=C(c1[nH]cc(-c2cccc(Br)c2)c1-c1ccccc1)N1CCNC[C@H]1Cc1ccccc1. The summed E-state index contributed by atoms with van der Waals surface area (Å²) in [5, 5.41) is 3.47. The lowest BCUT2D eigenvalue weighted by atomic mass is 9.95. The molecule has 0 bridgehead atoms. The quantitative estimate of drug-likeness (QED) is 0.366. The molecule has 1 atom stereocenters. The molecule has 0 unspecified atom stereocenters. The second kappa shape index (κ2) is 9.77. The van der Waals surface area contributed by atoms with Gasteiger partial charge in [0, 0.05) is 47.5 Å². The predicted octanol–water partition coefficient (Wildman–Crippen LogP) is 5.77. The summed E-state index contributed by atoms with van der Waals surface area (Å²) < 4.78 is 1.01. The molecule has 4 aromatic rings. The van der Waals surface area contributed by atoms with Gasteiger partial charge in [0.1, 0.15) is 5.69 Å². The van der Waals surface area contributed by atoms with E-state index in [0.717, 1.165) is 46.2 Å². The molecule has 0 aliphatic carbocycles. The van der Waals surface area contributed by atoms with Crippen molar-refractivity contribution in [3.05, 3.63) is 107 Å². The molecule has 3 aromatic carbocycles. The van der Waals surface area contributed by atoms with Crippen molar-refractivity contribution in [2.75, 3.05) is 19.6 Å². The molecule has 166 valence electrons. The number of amides is 1. The van der Waals surface area contributed by atoms with Gasteiger partial charge in [-0.05, 0) is 35.2 Å². The second-order valence-corrected chi connectivity index (χ2v) is 9.29. The predicted molar refractivity (Wildman–Crippen MR) is 137 cm³/mol. The molecule has 1 aliphatic heterocycles. The van der Waals surface area contributed by atoms with Gasteiger partial charge in [-0.3, -0.25) is 4.79 Å². The molecule has 1 fully saturated rings. The largest absolute Gasteiger partial charge is 0.356 e. The van der Waals surface area contributed by atoms with Crippen LogP contribution in [0.3, 0.4) is 0 Å². The van der Waals surface area contributed by atoms with E-state index in [2.05, 4.69) is 74.8 Å². The minimum atomic E-state index is 0.0533. The highest BCUT2D eigenvalue weighted by molar-refractivity contribution is 9.10. The summed E-state index contributed by atoms with van der Waals surface area (Å²) in [6.45, 7) is 2.28. The number of nitrogens with zero attached hydrogens (tertiary/aromatic N) is 1. The Morgan fingerprint density at radius 3 is 2.42 bits per heavy atom. The first-order valence-electron chi connectivity index (χ1n) is 11.3. The number of carbonyl (C=O) groups is 1. The standard InChI is InChI=1S/C28H26BrN3O/c29-23-13-7-12-22(17-23)25-19-31-27(26(25)21-10-5-2-6-11-21)28(33)32-15-14-30-18-24(32)16-20-8-3-1-4-9-20/h1-13,17,19,24,30-31H,14-16,18H2/t24-/m1/s1. The van der Waals surface area contributed by atoms with Crippen molar-refractivity contribution in [2.45, 2.75) is 12.5 Å². The van der Waals surface area contributed by atoms with Crippen LogP contribution >= 0.6 is 15.9 Å². The Morgan fingerprint density at radius 2 is 1.67 bits per heavy atom. The first-order chi connectivity index (χ1) is 16.2. The van der Waals surface area contributed by atoms with Crippen LogP contribution in [0.2, 0.25) is 0 Å². The molecular formula is C28H26BrN3O. The summed E-state index contributed by atoms with van der Waals surface area (Å²) in [6.07, 6.45) is 2.80. The van der Waals surface area contributed by atoms with E-state index in [1.807, 2.05) is 47.5 Å². The molecule has 1 aliphatic rings. The zero-order valence-electron chi connectivity index (χ0n) is 18.3. The van der Waals surface area contributed by atoms with E-state index in [9.17, 15) is 4.79 Å². The van der Waals surface area contributed by atoms with Crippen molar-refractivity contribution in [1.82, 2.24) is 15.2 Å². The Bertz CT molecular complexity index is 1240. The van der Waals surface area contributed by atoms with Gasteiger partial charge in [-0.25, -0.2) is 0 Å². The fourth-order valence-corrected chi connectivity index (χ4v) is 5.02. The van der Waals surface area contributed by atoms with Crippen LogP contribution in [-0.2, 0) is 6.42 Å². The molecule has 0 spiro atoms. The average molecular weight is 500 g/mol. The van der Waals surface area contributed by atoms with Crippen molar-refractivity contribution in [3.8, 4) is 22.3 Å². The lowest BCUT2D eigenvalue weighted by molar-refractivity contribution is 0.0631. The lowest BCUT2D eigenvalue weighted by Gasteiger charge is -2.36. The van der Waals surface area contributed by atoms with Gasteiger partial charge >= 0.3 is 0 Å². The number of rotatable bonds is 5. The number of benzene rings is 3. The van der Waals surface area contributed by atoms with Crippen molar-refractivity contribution in [3.63, 3.8) is 0 Å². The molecule has 33 heavy (non-hydrogen) atoms. The number of aromatic nitrogens is 1. The zero-order chi connectivity index (χ0) is 22.6. The van der Waals surface area contributed by atoms with E-state index in [-0.39, 0.29) is 11.9 Å². The molecule has 0 radical (unpaired) electrons. The monoisotopic (exact) mass is 499 g/mol. The highest BCUT2D eigenvalue weighted by Gasteiger charge is 2.31. The minimum absolute atomic E-state index is 0.0533. The topological polar surface area (TPSA) is 48.1 Å². The molecule has 5 rings (SSSR count). The number of H-pyrrole nitrogens is 1. The normalized spacial score (nSPS) is 16.0. The number of piperazine rings is 1. The minimum Gasteiger partial charge on any atom is -0.356 e. The maximum atomic E-state index is 14.0. The van der Waals surface area contributed by atoms with Gasteiger partial charge < -0.3 is 15.2 Å². The van der Waals surface area contributed by atoms with Crippen LogP contribution in [0.25, 0.3) is 22.3 Å². The van der Waals surface area contributed by atoms with E-state index >= 15 is 0 Å². The summed E-state index contributed by atoms with van der Waals surface area (Å²) in [6, 6.07) is 28.9. The highest BCUT2D eigenvalue weighted by Crippen LogP contribution is 2.37. The third kappa shape index (κ3) is 4.65. The Labute approximate surface area is 202 Å². The maximum Gasteiger partial charge on any atom is 0.271 e. The molecule has 1 aromatic heterocycles. The number of hydrogen-bond acceptors (Lipinski definition) is 2. The van der Waals surface area contributed by atoms with Crippen LogP contribution in [0, 0.1) is 0 Å². The van der Waals surface area contributed by atoms with Crippen LogP contribution in [0.15, 0.2) is 95.6 Å². The molecular weight excluding hydrogens is 474 g/mol. The van der Waals surface area contributed by atoms with Crippen LogP contribution in [-0.4, -0.2) is 41.5 Å². The summed E-state index contributed by atoms with van der Waals surface area (Å²) in [5.41, 5.74) is 5.98. The van der Waals surface area contributed by atoms with Gasteiger partial charge in [-0.15, -0.1) is 0 Å². The van der Waals surface area contributed by atoms with E-state index < -0.39 is 0 Å². The first kappa shape index (κ1) is 21.7. The molecule has 2 N–H and O–H groups in total. The van der Waals surface area contributed by atoms with Gasteiger partial charge in [-0.1, -0.05) is 88.7 Å². The summed E-state index contributed by atoms with van der Waals surface area (Å²) in [5.74, 6) is 0.0533. The van der Waals surface area contributed by atoms with Crippen LogP contribution in [0.4, 0.5) is 0 Å². The number of carbonyl (C=O) groups excluding carboxylic acids is 1. The van der Waals surface area contributed by atoms with Crippen molar-refractivity contribution in [1.29, 1.82) is 0 Å². The van der Waals surface area contributed by atoms with Crippen LogP contribution in [0.1, 0.15) is 16.1 Å². The molecule has 1 amide bonds. The Kier molecular flexibility index (Phi) is 6.42. The molecule has 0 saturated carbocycles. The van der Waals surface area contributed by atoms with Crippen molar-refractivity contribution < 1.29 is 4.79 Å². The second-order valence-electron chi connectivity index (χ2n) is 8.37.